The summed E-state index contributed by atoms with van der Waals surface area (Å²) >= 11 is 0. The second-order valence-corrected chi connectivity index (χ2v) is 4.60. The molecule has 2 N–H and O–H groups in total. The molecule has 7 nitrogen and oxygen atoms in total. The van der Waals surface area contributed by atoms with E-state index in [9.17, 15) is 15.2 Å². The molecule has 0 fully saturated rings. The van der Waals surface area contributed by atoms with Crippen LogP contribution in [-0.2, 0) is 0 Å². The number of pyridine rings is 1. The second-order valence-electron chi connectivity index (χ2n) is 4.60. The van der Waals surface area contributed by atoms with E-state index in [2.05, 4.69) is 10.3 Å². The number of nitrogens with one attached hydrogen (secondary N) is 1. The highest BCUT2D eigenvalue weighted by atomic mass is 16.6. The Morgan fingerprint density at radius 2 is 2.26 bits per heavy atom. The van der Waals surface area contributed by atoms with Crippen LogP contribution in [0.15, 0.2) is 12.1 Å². The Hall–Kier alpha value is -2.20. The molecule has 1 rings (SSSR count). The van der Waals surface area contributed by atoms with E-state index < -0.39 is 11.0 Å². The van der Waals surface area contributed by atoms with E-state index in [1.54, 1.807) is 6.07 Å². The molecule has 1 atom stereocenters. The highest BCUT2D eigenvalue weighted by Crippen LogP contribution is 2.18. The SMILES string of the molecule is CC(C)CC(O)CNc1ccc([N+](=O)[O-])c(C#N)n1. The standard InChI is InChI=1S/C12H16N4O3/c1-8(2)5-9(17)7-14-12-4-3-11(16(18)19)10(6-13)15-12/h3-4,8-9,17H,5,7H2,1-2H3,(H,14,15). The van der Waals surface area contributed by atoms with Crippen molar-refractivity contribution in [3.05, 3.63) is 27.9 Å². The fourth-order valence-electron chi connectivity index (χ4n) is 1.63. The van der Waals surface area contributed by atoms with E-state index in [0.717, 1.165) is 0 Å². The molecule has 0 saturated carbocycles. The van der Waals surface area contributed by atoms with Gasteiger partial charge in [0.25, 0.3) is 0 Å². The van der Waals surface area contributed by atoms with Gasteiger partial charge in [-0.15, -0.1) is 0 Å². The zero-order valence-electron chi connectivity index (χ0n) is 10.8. The molecule has 0 amide bonds. The first-order valence-corrected chi connectivity index (χ1v) is 5.91. The minimum Gasteiger partial charge on any atom is -0.391 e. The lowest BCUT2D eigenvalue weighted by Crippen LogP contribution is -2.21. The van der Waals surface area contributed by atoms with Crippen LogP contribution in [0.1, 0.15) is 26.0 Å². The molecule has 0 bridgehead atoms. The minimum atomic E-state index is -0.650. The van der Waals surface area contributed by atoms with Crippen molar-refractivity contribution in [2.45, 2.75) is 26.4 Å². The monoisotopic (exact) mass is 264 g/mol. The van der Waals surface area contributed by atoms with Gasteiger partial charge in [0.05, 0.1) is 11.0 Å². The number of anilines is 1. The maximum Gasteiger partial charge on any atom is 0.305 e. The summed E-state index contributed by atoms with van der Waals surface area (Å²) in [6.45, 7) is 4.29. The minimum absolute atomic E-state index is 0.242. The Labute approximate surface area is 111 Å². The molecule has 1 aromatic heterocycles. The molecule has 1 unspecified atom stereocenters. The van der Waals surface area contributed by atoms with E-state index in [4.69, 9.17) is 5.26 Å². The van der Waals surface area contributed by atoms with Gasteiger partial charge in [0.15, 0.2) is 0 Å². The van der Waals surface area contributed by atoms with Gasteiger partial charge in [0, 0.05) is 12.6 Å². The number of nitrogens with zero attached hydrogens (tertiary/aromatic N) is 3. The van der Waals surface area contributed by atoms with E-state index in [1.165, 1.54) is 12.1 Å². The highest BCUT2D eigenvalue weighted by Gasteiger charge is 2.15. The first-order chi connectivity index (χ1) is 8.93. The third-order valence-electron chi connectivity index (χ3n) is 2.44. The molecule has 0 spiro atoms. The van der Waals surface area contributed by atoms with Crippen LogP contribution in [0.2, 0.25) is 0 Å². The van der Waals surface area contributed by atoms with E-state index >= 15 is 0 Å². The summed E-state index contributed by atoms with van der Waals surface area (Å²) < 4.78 is 0. The van der Waals surface area contributed by atoms with Gasteiger partial charge in [0.2, 0.25) is 5.69 Å². The summed E-state index contributed by atoms with van der Waals surface area (Å²) in [6, 6.07) is 4.32. The zero-order valence-corrected chi connectivity index (χ0v) is 10.8. The van der Waals surface area contributed by atoms with Gasteiger partial charge in [-0.25, -0.2) is 4.98 Å². The normalized spacial score (nSPS) is 11.9. The maximum atomic E-state index is 10.6. The Kier molecular flexibility index (Phi) is 5.21. The summed E-state index contributed by atoms with van der Waals surface area (Å²) in [5.74, 6) is 0.709. The smallest absolute Gasteiger partial charge is 0.305 e. The zero-order chi connectivity index (χ0) is 14.4. The molecule has 19 heavy (non-hydrogen) atoms. The molecule has 0 aliphatic heterocycles. The molecule has 0 aliphatic carbocycles. The number of aliphatic hydroxyl groups is 1. The molecular weight excluding hydrogens is 248 g/mol. The average molecular weight is 264 g/mol. The van der Waals surface area contributed by atoms with Gasteiger partial charge in [-0.3, -0.25) is 10.1 Å². The van der Waals surface area contributed by atoms with Crippen molar-refractivity contribution in [3.8, 4) is 6.07 Å². The number of hydrogen-bond donors (Lipinski definition) is 2. The van der Waals surface area contributed by atoms with Crippen LogP contribution in [0.3, 0.4) is 0 Å². The summed E-state index contributed by atoms with van der Waals surface area (Å²) in [4.78, 5) is 13.8. The van der Waals surface area contributed by atoms with Crippen molar-refractivity contribution >= 4 is 11.5 Å². The van der Waals surface area contributed by atoms with Gasteiger partial charge in [-0.1, -0.05) is 13.8 Å². The highest BCUT2D eigenvalue weighted by molar-refractivity contribution is 5.50. The van der Waals surface area contributed by atoms with Crippen LogP contribution in [-0.4, -0.2) is 27.7 Å². The second kappa shape index (κ2) is 6.66. The number of hydrogen-bond acceptors (Lipinski definition) is 6. The summed E-state index contributed by atoms with van der Waals surface area (Å²) in [5, 5.41) is 32.0. The van der Waals surface area contributed by atoms with Crippen molar-refractivity contribution in [1.29, 1.82) is 5.26 Å². The Morgan fingerprint density at radius 3 is 2.79 bits per heavy atom. The average Bonchev–Trinajstić information content (AvgIpc) is 2.34. The topological polar surface area (TPSA) is 112 Å². The molecule has 0 aromatic carbocycles. The van der Waals surface area contributed by atoms with Crippen LogP contribution in [0, 0.1) is 27.4 Å². The third kappa shape index (κ3) is 4.52. The maximum absolute atomic E-state index is 10.6. The first-order valence-electron chi connectivity index (χ1n) is 5.91. The Bertz CT molecular complexity index is 496. The molecule has 1 aromatic rings. The summed E-state index contributed by atoms with van der Waals surface area (Å²) in [5.41, 5.74) is -0.566. The Morgan fingerprint density at radius 1 is 1.58 bits per heavy atom. The molecule has 1 heterocycles. The van der Waals surface area contributed by atoms with Crippen LogP contribution >= 0.6 is 0 Å². The van der Waals surface area contributed by atoms with Crippen LogP contribution < -0.4 is 5.32 Å². The van der Waals surface area contributed by atoms with E-state index in [-0.39, 0.29) is 17.9 Å². The van der Waals surface area contributed by atoms with Gasteiger partial charge < -0.3 is 10.4 Å². The van der Waals surface area contributed by atoms with Crippen molar-refractivity contribution in [3.63, 3.8) is 0 Å². The van der Waals surface area contributed by atoms with Gasteiger partial charge in [-0.05, 0) is 18.4 Å². The fraction of sp³-hybridized carbons (Fsp3) is 0.500. The van der Waals surface area contributed by atoms with Crippen molar-refractivity contribution < 1.29 is 10.0 Å². The number of aliphatic hydroxyl groups excluding tert-OH is 1. The fourth-order valence-corrected chi connectivity index (χ4v) is 1.63. The number of aromatic nitrogens is 1. The van der Waals surface area contributed by atoms with Crippen LogP contribution in [0.4, 0.5) is 11.5 Å². The summed E-state index contributed by atoms with van der Waals surface area (Å²) in [6.07, 6.45) is 0.118. The molecule has 0 radical (unpaired) electrons. The van der Waals surface area contributed by atoms with E-state index in [1.807, 2.05) is 13.8 Å². The third-order valence-corrected chi connectivity index (χ3v) is 2.44. The lowest BCUT2D eigenvalue weighted by Gasteiger charge is -2.14. The number of nitro groups is 1. The van der Waals surface area contributed by atoms with Crippen LogP contribution in [0.5, 0.6) is 0 Å². The van der Waals surface area contributed by atoms with Crippen molar-refractivity contribution in [2.24, 2.45) is 5.92 Å². The molecule has 0 saturated heterocycles. The molecule has 102 valence electrons. The van der Waals surface area contributed by atoms with Gasteiger partial charge in [-0.2, -0.15) is 5.26 Å². The number of nitriles is 1. The predicted molar refractivity (Wildman–Crippen MR) is 69.6 cm³/mol. The molecular formula is C12H16N4O3. The van der Waals surface area contributed by atoms with Gasteiger partial charge in [0.1, 0.15) is 11.9 Å². The van der Waals surface area contributed by atoms with Crippen LogP contribution in [0.25, 0.3) is 0 Å². The van der Waals surface area contributed by atoms with Crippen molar-refractivity contribution in [1.82, 2.24) is 4.98 Å². The molecule has 0 aliphatic rings. The van der Waals surface area contributed by atoms with Gasteiger partial charge >= 0.3 is 5.69 Å². The first kappa shape index (κ1) is 14.9. The quantitative estimate of drug-likeness (QED) is 0.597. The largest absolute Gasteiger partial charge is 0.391 e. The predicted octanol–water partition coefficient (Wildman–Crippen LogP) is 1.68. The number of rotatable bonds is 6. The van der Waals surface area contributed by atoms with Crippen molar-refractivity contribution in [2.75, 3.05) is 11.9 Å². The lowest BCUT2D eigenvalue weighted by atomic mass is 10.1. The summed E-state index contributed by atoms with van der Waals surface area (Å²) in [7, 11) is 0. The Balaban J connectivity index is 2.71. The molecule has 7 heteroatoms. The lowest BCUT2D eigenvalue weighted by molar-refractivity contribution is -0.385. The van der Waals surface area contributed by atoms with E-state index in [0.29, 0.717) is 18.2 Å².